The highest BCUT2D eigenvalue weighted by atomic mass is 16.4. The molecular weight excluding hydrogens is 282 g/mol. The van der Waals surface area contributed by atoms with E-state index in [0.717, 1.165) is 5.56 Å². The minimum Gasteiger partial charge on any atom is -0.478 e. The maximum atomic E-state index is 11.4. The molecular formula is C17H17NO4. The summed E-state index contributed by atoms with van der Waals surface area (Å²) in [6.07, 6.45) is 0. The summed E-state index contributed by atoms with van der Waals surface area (Å²) in [4.78, 5) is 22.5. The Balaban J connectivity index is 2.18. The van der Waals surface area contributed by atoms with Crippen molar-refractivity contribution >= 4 is 11.9 Å². The first-order valence-corrected chi connectivity index (χ1v) is 6.84. The van der Waals surface area contributed by atoms with Gasteiger partial charge in [-0.3, -0.25) is 0 Å². The molecule has 22 heavy (non-hydrogen) atoms. The van der Waals surface area contributed by atoms with Crippen molar-refractivity contribution in [3.63, 3.8) is 0 Å². The molecule has 2 rings (SSSR count). The Morgan fingerprint density at radius 2 is 1.64 bits per heavy atom. The number of carboxylic acid groups (broad SMARTS) is 2. The molecule has 0 spiro atoms. The van der Waals surface area contributed by atoms with E-state index in [1.54, 1.807) is 6.07 Å². The van der Waals surface area contributed by atoms with Gasteiger partial charge in [0.15, 0.2) is 0 Å². The lowest BCUT2D eigenvalue weighted by atomic mass is 9.96. The number of carbonyl (C=O) groups is 2. The number of carboxylic acids is 2. The smallest absolute Gasteiger partial charge is 0.336 e. The minimum absolute atomic E-state index is 0.0178. The van der Waals surface area contributed by atoms with E-state index in [4.69, 9.17) is 5.11 Å². The van der Waals surface area contributed by atoms with Gasteiger partial charge < -0.3 is 15.5 Å². The Hall–Kier alpha value is -2.66. The van der Waals surface area contributed by atoms with Crippen LogP contribution in [-0.4, -0.2) is 22.2 Å². The average Bonchev–Trinajstić information content (AvgIpc) is 2.47. The normalized spacial score (nSPS) is 10.4. The van der Waals surface area contributed by atoms with Crippen LogP contribution in [0.1, 0.15) is 37.4 Å². The summed E-state index contributed by atoms with van der Waals surface area (Å²) in [6, 6.07) is 12.8. The van der Waals surface area contributed by atoms with Gasteiger partial charge in [-0.05, 0) is 29.7 Å². The summed E-state index contributed by atoms with van der Waals surface area (Å²) in [5.41, 5.74) is 2.02. The van der Waals surface area contributed by atoms with Crippen LogP contribution in [0.5, 0.6) is 0 Å². The van der Waals surface area contributed by atoms with Gasteiger partial charge in [0.1, 0.15) is 0 Å². The molecule has 0 aromatic heterocycles. The lowest BCUT2D eigenvalue weighted by molar-refractivity contribution is 0.0694. The molecule has 0 aliphatic heterocycles. The monoisotopic (exact) mass is 299 g/mol. The molecule has 0 bridgehead atoms. The Bertz CT molecular complexity index is 695. The van der Waals surface area contributed by atoms with E-state index in [9.17, 15) is 14.7 Å². The highest BCUT2D eigenvalue weighted by Crippen LogP contribution is 2.19. The van der Waals surface area contributed by atoms with Crippen LogP contribution in [0.3, 0.4) is 0 Å². The van der Waals surface area contributed by atoms with E-state index < -0.39 is 11.9 Å². The molecule has 0 unspecified atom stereocenters. The van der Waals surface area contributed by atoms with E-state index in [1.807, 2.05) is 30.3 Å². The molecule has 5 heteroatoms. The quantitative estimate of drug-likeness (QED) is 0.763. The predicted molar refractivity (Wildman–Crippen MR) is 82.1 cm³/mol. The van der Waals surface area contributed by atoms with Gasteiger partial charge in [0.2, 0.25) is 0 Å². The van der Waals surface area contributed by atoms with Crippen molar-refractivity contribution in [3.8, 4) is 0 Å². The molecule has 0 saturated heterocycles. The van der Waals surface area contributed by atoms with Gasteiger partial charge in [-0.25, -0.2) is 9.59 Å². The molecule has 0 saturated carbocycles. The number of benzene rings is 2. The first-order valence-electron chi connectivity index (χ1n) is 6.84. The van der Waals surface area contributed by atoms with Crippen molar-refractivity contribution < 1.29 is 19.8 Å². The van der Waals surface area contributed by atoms with Crippen molar-refractivity contribution in [2.75, 3.05) is 0 Å². The fraction of sp³-hybridized carbons (Fsp3) is 0.176. The van der Waals surface area contributed by atoms with Gasteiger partial charge in [0.05, 0.1) is 11.1 Å². The van der Waals surface area contributed by atoms with Crippen LogP contribution in [0, 0.1) is 6.92 Å². The number of hydrogen-bond acceptors (Lipinski definition) is 3. The Morgan fingerprint density at radius 3 is 2.23 bits per heavy atom. The topological polar surface area (TPSA) is 86.6 Å². The maximum Gasteiger partial charge on any atom is 0.336 e. The summed E-state index contributed by atoms with van der Waals surface area (Å²) >= 11 is 0. The van der Waals surface area contributed by atoms with Crippen LogP contribution in [0.15, 0.2) is 42.5 Å². The van der Waals surface area contributed by atoms with Crippen LogP contribution < -0.4 is 5.32 Å². The number of hydrogen-bond donors (Lipinski definition) is 3. The van der Waals surface area contributed by atoms with Crippen LogP contribution in [0.2, 0.25) is 0 Å². The van der Waals surface area contributed by atoms with Crippen LogP contribution in [-0.2, 0) is 13.1 Å². The summed E-state index contributed by atoms with van der Waals surface area (Å²) < 4.78 is 0. The maximum absolute atomic E-state index is 11.4. The van der Waals surface area contributed by atoms with Gasteiger partial charge in [-0.15, -0.1) is 0 Å². The summed E-state index contributed by atoms with van der Waals surface area (Å²) in [5, 5.41) is 21.6. The Kier molecular flexibility index (Phi) is 4.91. The second kappa shape index (κ2) is 6.87. The highest BCUT2D eigenvalue weighted by Gasteiger charge is 2.18. The number of aromatic carboxylic acids is 2. The molecule has 0 fully saturated rings. The van der Waals surface area contributed by atoms with Gasteiger partial charge in [-0.2, -0.15) is 0 Å². The van der Waals surface area contributed by atoms with Crippen molar-refractivity contribution in [3.05, 3.63) is 70.3 Å². The lowest BCUT2D eigenvalue weighted by Gasteiger charge is -2.12. The van der Waals surface area contributed by atoms with E-state index in [0.29, 0.717) is 18.7 Å². The summed E-state index contributed by atoms with van der Waals surface area (Å²) in [6.45, 7) is 2.49. The largest absolute Gasteiger partial charge is 0.478 e. The third-order valence-electron chi connectivity index (χ3n) is 3.48. The van der Waals surface area contributed by atoms with E-state index in [2.05, 4.69) is 5.32 Å². The SMILES string of the molecule is Cc1c(C(=O)O)ccc(CNCc2ccccc2)c1C(=O)O. The second-order valence-electron chi connectivity index (χ2n) is 4.97. The molecule has 0 heterocycles. The fourth-order valence-corrected chi connectivity index (χ4v) is 2.38. The Labute approximate surface area is 128 Å². The zero-order valence-corrected chi connectivity index (χ0v) is 12.2. The van der Waals surface area contributed by atoms with Gasteiger partial charge >= 0.3 is 11.9 Å². The fourth-order valence-electron chi connectivity index (χ4n) is 2.38. The first kappa shape index (κ1) is 15.7. The third kappa shape index (κ3) is 3.51. The molecule has 114 valence electrons. The predicted octanol–water partition coefficient (Wildman–Crippen LogP) is 2.68. The molecule has 5 nitrogen and oxygen atoms in total. The van der Waals surface area contributed by atoms with Gasteiger partial charge in [0.25, 0.3) is 0 Å². The van der Waals surface area contributed by atoms with Gasteiger partial charge in [-0.1, -0.05) is 36.4 Å². The third-order valence-corrected chi connectivity index (χ3v) is 3.48. The number of nitrogens with one attached hydrogen (secondary N) is 1. The molecule has 0 atom stereocenters. The molecule has 2 aromatic rings. The molecule has 0 aliphatic carbocycles. The van der Waals surface area contributed by atoms with E-state index in [1.165, 1.54) is 13.0 Å². The van der Waals surface area contributed by atoms with Crippen LogP contribution in [0.25, 0.3) is 0 Å². The van der Waals surface area contributed by atoms with Crippen LogP contribution in [0.4, 0.5) is 0 Å². The molecule has 0 amide bonds. The zero-order chi connectivity index (χ0) is 16.1. The van der Waals surface area contributed by atoms with Crippen molar-refractivity contribution in [2.45, 2.75) is 20.0 Å². The second-order valence-corrected chi connectivity index (χ2v) is 4.97. The van der Waals surface area contributed by atoms with E-state index in [-0.39, 0.29) is 16.7 Å². The van der Waals surface area contributed by atoms with Gasteiger partial charge in [0, 0.05) is 13.1 Å². The zero-order valence-electron chi connectivity index (χ0n) is 12.2. The summed E-state index contributed by atoms with van der Waals surface area (Å²) in [5.74, 6) is -2.24. The first-order chi connectivity index (χ1) is 10.5. The Morgan fingerprint density at radius 1 is 0.955 bits per heavy atom. The molecule has 2 aromatic carbocycles. The average molecular weight is 299 g/mol. The van der Waals surface area contributed by atoms with Crippen LogP contribution >= 0.6 is 0 Å². The van der Waals surface area contributed by atoms with Crippen molar-refractivity contribution in [1.29, 1.82) is 0 Å². The summed E-state index contributed by atoms with van der Waals surface area (Å²) in [7, 11) is 0. The number of rotatable bonds is 6. The van der Waals surface area contributed by atoms with Crippen molar-refractivity contribution in [1.82, 2.24) is 5.32 Å². The minimum atomic E-state index is -1.12. The standard InChI is InChI=1S/C17H17NO4/c1-11-14(16(19)20)8-7-13(15(11)17(21)22)10-18-9-12-5-3-2-4-6-12/h2-8,18H,9-10H2,1H3,(H,19,20)(H,21,22). The lowest BCUT2D eigenvalue weighted by Crippen LogP contribution is -2.17. The highest BCUT2D eigenvalue weighted by molar-refractivity contribution is 5.97. The molecule has 0 aliphatic rings. The van der Waals surface area contributed by atoms with Crippen molar-refractivity contribution in [2.24, 2.45) is 0 Å². The molecule has 0 radical (unpaired) electrons. The molecule has 3 N–H and O–H groups in total. The van der Waals surface area contributed by atoms with E-state index >= 15 is 0 Å².